The van der Waals surface area contributed by atoms with E-state index in [4.69, 9.17) is 26.2 Å². The Morgan fingerprint density at radius 2 is 1.28 bits per heavy atom. The van der Waals surface area contributed by atoms with Gasteiger partial charge in [-0.05, 0) is 40.1 Å². The minimum Gasteiger partial charge on any atom is -0.464 e. The number of methoxy groups -OCH3 is 1. The smallest absolute Gasteiger partial charge is 0.354 e. The number of aromatic nitrogens is 5. The molecule has 0 spiro atoms. The number of para-hydroxylation sites is 1. The second-order valence-electron chi connectivity index (χ2n) is 10.7. The van der Waals surface area contributed by atoms with E-state index in [-0.39, 0.29) is 6.54 Å². The maximum absolute atomic E-state index is 13.0. The SMILES string of the molecule is COC(=O)c1cc2c(Cl)cc(Oc3ccccc3)cc2n1Cc1nnn(C(c2ccccc2)(c2ccccc2)c2ccccc2)n1. The number of carbonyl (C=O) groups is 1. The van der Waals surface area contributed by atoms with E-state index in [0.717, 1.165) is 16.7 Å². The molecule has 0 amide bonds. The monoisotopic (exact) mass is 625 g/mol. The summed E-state index contributed by atoms with van der Waals surface area (Å²) in [7, 11) is 1.35. The van der Waals surface area contributed by atoms with Gasteiger partial charge in [-0.15, -0.1) is 15.0 Å². The largest absolute Gasteiger partial charge is 0.464 e. The van der Waals surface area contributed by atoms with Crippen molar-refractivity contribution in [2.45, 2.75) is 12.1 Å². The molecule has 0 saturated carbocycles. The van der Waals surface area contributed by atoms with Crippen molar-refractivity contribution in [3.8, 4) is 11.5 Å². The predicted octanol–water partition coefficient (Wildman–Crippen LogP) is 7.75. The number of carbonyl (C=O) groups excluding carboxylic acids is 1. The molecule has 9 heteroatoms. The third-order valence-electron chi connectivity index (χ3n) is 7.95. The molecule has 0 unspecified atom stereocenters. The minimum atomic E-state index is -0.932. The summed E-state index contributed by atoms with van der Waals surface area (Å²) in [6, 6.07) is 45.0. The van der Waals surface area contributed by atoms with E-state index in [2.05, 4.69) is 46.7 Å². The molecule has 0 aliphatic heterocycles. The summed E-state index contributed by atoms with van der Waals surface area (Å²) < 4.78 is 13.0. The van der Waals surface area contributed by atoms with Gasteiger partial charge in [0.15, 0.2) is 11.4 Å². The van der Waals surface area contributed by atoms with E-state index in [1.165, 1.54) is 7.11 Å². The Hall–Kier alpha value is -5.73. The van der Waals surface area contributed by atoms with Crippen LogP contribution in [0.3, 0.4) is 0 Å². The summed E-state index contributed by atoms with van der Waals surface area (Å²) in [6.45, 7) is 0.119. The molecular formula is C37H28ClN5O3. The van der Waals surface area contributed by atoms with Gasteiger partial charge in [-0.1, -0.05) is 121 Å². The fourth-order valence-corrected chi connectivity index (χ4v) is 6.15. The molecule has 0 saturated heterocycles. The number of esters is 1. The van der Waals surface area contributed by atoms with E-state index >= 15 is 0 Å². The van der Waals surface area contributed by atoms with Crippen LogP contribution in [0.5, 0.6) is 11.5 Å². The number of hydrogen-bond donors (Lipinski definition) is 0. The van der Waals surface area contributed by atoms with E-state index in [1.807, 2.05) is 91.0 Å². The van der Waals surface area contributed by atoms with Crippen molar-refractivity contribution < 1.29 is 14.3 Å². The van der Waals surface area contributed by atoms with Gasteiger partial charge in [-0.3, -0.25) is 0 Å². The van der Waals surface area contributed by atoms with Gasteiger partial charge in [0.05, 0.1) is 24.2 Å². The van der Waals surface area contributed by atoms with Crippen molar-refractivity contribution in [1.82, 2.24) is 24.8 Å². The van der Waals surface area contributed by atoms with Crippen LogP contribution in [0.2, 0.25) is 5.02 Å². The average molecular weight is 626 g/mol. The molecule has 8 nitrogen and oxygen atoms in total. The highest BCUT2D eigenvalue weighted by atomic mass is 35.5. The van der Waals surface area contributed by atoms with Gasteiger partial charge >= 0.3 is 5.97 Å². The molecule has 0 aliphatic carbocycles. The van der Waals surface area contributed by atoms with Crippen molar-refractivity contribution in [2.75, 3.05) is 7.11 Å². The van der Waals surface area contributed by atoms with Crippen LogP contribution in [0.1, 0.15) is 33.0 Å². The van der Waals surface area contributed by atoms with Crippen LogP contribution >= 0.6 is 11.6 Å². The van der Waals surface area contributed by atoms with Gasteiger partial charge in [0.1, 0.15) is 17.2 Å². The van der Waals surface area contributed by atoms with Crippen molar-refractivity contribution in [3.05, 3.63) is 173 Å². The Bertz CT molecular complexity index is 2020. The first-order valence-electron chi connectivity index (χ1n) is 14.7. The van der Waals surface area contributed by atoms with Crippen LogP contribution in [-0.4, -0.2) is 37.9 Å². The summed E-state index contributed by atoms with van der Waals surface area (Å²) >= 11 is 6.74. The van der Waals surface area contributed by atoms with Crippen LogP contribution in [0, 0.1) is 0 Å². The van der Waals surface area contributed by atoms with Gasteiger partial charge in [0, 0.05) is 17.5 Å². The second kappa shape index (κ2) is 12.3. The zero-order valence-corrected chi connectivity index (χ0v) is 25.6. The van der Waals surface area contributed by atoms with Crippen LogP contribution in [0.4, 0.5) is 0 Å². The van der Waals surface area contributed by atoms with Crippen LogP contribution in [0.25, 0.3) is 10.9 Å². The van der Waals surface area contributed by atoms with Crippen molar-refractivity contribution in [2.24, 2.45) is 0 Å². The second-order valence-corrected chi connectivity index (χ2v) is 11.1. The summed E-state index contributed by atoms with van der Waals surface area (Å²) in [4.78, 5) is 14.7. The van der Waals surface area contributed by atoms with E-state index < -0.39 is 11.5 Å². The molecule has 46 heavy (non-hydrogen) atoms. The number of tetrazole rings is 1. The number of nitrogens with zero attached hydrogens (tertiary/aromatic N) is 5. The Labute approximate surface area is 270 Å². The first-order chi connectivity index (χ1) is 22.6. The maximum atomic E-state index is 13.0. The molecule has 0 atom stereocenters. The summed E-state index contributed by atoms with van der Waals surface area (Å²) in [5, 5.41) is 15.3. The summed E-state index contributed by atoms with van der Waals surface area (Å²) in [5.41, 5.74) is 2.93. The number of rotatable bonds is 9. The van der Waals surface area contributed by atoms with E-state index in [9.17, 15) is 4.79 Å². The molecule has 0 fully saturated rings. The number of ether oxygens (including phenoxy) is 2. The Morgan fingerprint density at radius 3 is 1.83 bits per heavy atom. The fourth-order valence-electron chi connectivity index (χ4n) is 5.89. The van der Waals surface area contributed by atoms with Gasteiger partial charge in [-0.25, -0.2) is 4.79 Å². The lowest BCUT2D eigenvalue weighted by Crippen LogP contribution is -2.39. The zero-order valence-electron chi connectivity index (χ0n) is 24.8. The first-order valence-corrected chi connectivity index (χ1v) is 15.1. The van der Waals surface area contributed by atoms with Gasteiger partial charge in [0.25, 0.3) is 0 Å². The third kappa shape index (κ3) is 5.18. The fraction of sp³-hybridized carbons (Fsp3) is 0.0811. The summed E-state index contributed by atoms with van der Waals surface area (Å²) in [5.74, 6) is 1.05. The number of hydrogen-bond acceptors (Lipinski definition) is 6. The topological polar surface area (TPSA) is 84.1 Å². The third-order valence-corrected chi connectivity index (χ3v) is 8.26. The standard InChI is InChI=1S/C37H28ClN5O3/c1-45-36(44)34-24-31-32(38)22-30(46-29-20-12-5-13-21-29)23-33(31)42(34)25-35-39-41-43(40-35)37(26-14-6-2-7-15-26,27-16-8-3-9-17-27)28-18-10-4-11-19-28/h2-24H,25H2,1H3. The van der Waals surface area contributed by atoms with Crippen LogP contribution in [0.15, 0.2) is 140 Å². The van der Waals surface area contributed by atoms with Crippen LogP contribution < -0.4 is 4.74 Å². The molecule has 226 valence electrons. The normalized spacial score (nSPS) is 11.4. The summed E-state index contributed by atoms with van der Waals surface area (Å²) in [6.07, 6.45) is 0. The highest BCUT2D eigenvalue weighted by Crippen LogP contribution is 2.40. The molecule has 0 bridgehead atoms. The van der Waals surface area contributed by atoms with E-state index in [0.29, 0.717) is 38.9 Å². The maximum Gasteiger partial charge on any atom is 0.354 e. The van der Waals surface area contributed by atoms with Crippen molar-refractivity contribution in [1.29, 1.82) is 0 Å². The highest BCUT2D eigenvalue weighted by molar-refractivity contribution is 6.35. The number of benzene rings is 5. The molecule has 7 rings (SSSR count). The lowest BCUT2D eigenvalue weighted by Gasteiger charge is -2.34. The van der Waals surface area contributed by atoms with Crippen molar-refractivity contribution >= 4 is 28.5 Å². The van der Waals surface area contributed by atoms with Gasteiger partial charge in [-0.2, -0.15) is 0 Å². The Kier molecular flexibility index (Phi) is 7.78. The van der Waals surface area contributed by atoms with Crippen molar-refractivity contribution in [3.63, 3.8) is 0 Å². The van der Waals surface area contributed by atoms with Gasteiger partial charge < -0.3 is 14.0 Å². The molecular weight excluding hydrogens is 598 g/mol. The number of halogens is 1. The molecule has 2 aromatic heterocycles. The van der Waals surface area contributed by atoms with E-state index in [1.54, 1.807) is 21.5 Å². The zero-order chi connectivity index (χ0) is 31.5. The lowest BCUT2D eigenvalue weighted by molar-refractivity contribution is 0.0589. The Morgan fingerprint density at radius 1 is 0.739 bits per heavy atom. The lowest BCUT2D eigenvalue weighted by atomic mass is 9.77. The molecule has 0 radical (unpaired) electrons. The molecule has 2 heterocycles. The average Bonchev–Trinajstić information content (AvgIpc) is 3.72. The predicted molar refractivity (Wildman–Crippen MR) is 176 cm³/mol. The molecule has 0 aliphatic rings. The molecule has 0 N–H and O–H groups in total. The molecule has 5 aromatic carbocycles. The first kappa shape index (κ1) is 29.0. The van der Waals surface area contributed by atoms with Gasteiger partial charge in [0.2, 0.25) is 0 Å². The van der Waals surface area contributed by atoms with Crippen LogP contribution in [-0.2, 0) is 16.8 Å². The molecule has 7 aromatic rings. The minimum absolute atomic E-state index is 0.119. The number of fused-ring (bicyclic) bond motifs is 1. The Balaban J connectivity index is 1.38. The highest BCUT2D eigenvalue weighted by Gasteiger charge is 2.41. The quantitative estimate of drug-likeness (QED) is 0.120.